The molecule has 0 aliphatic carbocycles. The van der Waals surface area contributed by atoms with Gasteiger partial charge in [-0.3, -0.25) is 4.55 Å². The molecule has 0 spiro atoms. The first-order valence-electron chi connectivity index (χ1n) is 7.15. The van der Waals surface area contributed by atoms with E-state index in [1.54, 1.807) is 0 Å². The average Bonchev–Trinajstić information content (AvgIpc) is 2.43. The smallest absolute Gasteiger partial charge is 0.282 e. The van der Waals surface area contributed by atoms with Gasteiger partial charge in [0.1, 0.15) is 0 Å². The molecule has 2 unspecified atom stereocenters. The van der Waals surface area contributed by atoms with Crippen LogP contribution in [0.25, 0.3) is 10.4 Å². The van der Waals surface area contributed by atoms with Gasteiger partial charge in [-0.05, 0) is 43.5 Å². The molecule has 1 rings (SSSR count). The summed E-state index contributed by atoms with van der Waals surface area (Å²) in [6, 6.07) is 2.36. The van der Waals surface area contributed by atoms with Crippen LogP contribution in [0.2, 0.25) is 0 Å². The van der Waals surface area contributed by atoms with Gasteiger partial charge in [0.15, 0.2) is 5.67 Å². The molecule has 12 heteroatoms. The summed E-state index contributed by atoms with van der Waals surface area (Å²) in [4.78, 5) is 1.91. The van der Waals surface area contributed by atoms with Gasteiger partial charge >= 0.3 is 0 Å². The van der Waals surface area contributed by atoms with E-state index in [2.05, 4.69) is 10.0 Å². The van der Waals surface area contributed by atoms with Gasteiger partial charge in [-0.2, -0.15) is 8.42 Å². The summed E-state index contributed by atoms with van der Waals surface area (Å²) >= 11 is 0. The molecular formula is C14H16F5N3O3S. The molecule has 0 aliphatic rings. The predicted molar refractivity (Wildman–Crippen MR) is 82.5 cm³/mol. The number of alkyl halides is 5. The Labute approximate surface area is 146 Å². The molecule has 0 aromatic heterocycles. The topological polar surface area (TPSA) is 103 Å². The molecule has 0 aliphatic heterocycles. The van der Waals surface area contributed by atoms with Crippen molar-refractivity contribution in [1.29, 1.82) is 0 Å². The van der Waals surface area contributed by atoms with Crippen molar-refractivity contribution in [2.75, 3.05) is 0 Å². The Bertz CT molecular complexity index is 785. The minimum absolute atomic E-state index is 0.0295. The summed E-state index contributed by atoms with van der Waals surface area (Å²) < 4.78 is 99.0. The minimum Gasteiger partial charge on any atom is -0.282 e. The van der Waals surface area contributed by atoms with Crippen molar-refractivity contribution >= 4 is 10.1 Å². The lowest BCUT2D eigenvalue weighted by atomic mass is 9.86. The molecule has 0 saturated carbocycles. The second kappa shape index (κ2) is 7.37. The summed E-state index contributed by atoms with van der Waals surface area (Å²) in [5.41, 5.74) is 5.09. The number of benzene rings is 1. The van der Waals surface area contributed by atoms with Gasteiger partial charge in [-0.1, -0.05) is 17.2 Å². The first-order chi connectivity index (χ1) is 11.6. The Hall–Kier alpha value is -1.91. The van der Waals surface area contributed by atoms with Crippen LogP contribution in [0, 0.1) is 0 Å². The molecule has 0 saturated heterocycles. The molecule has 1 aromatic carbocycles. The Balaban J connectivity index is 3.16. The van der Waals surface area contributed by atoms with E-state index in [1.807, 2.05) is 0 Å². The molecule has 0 radical (unpaired) electrons. The normalized spacial score (nSPS) is 16.5. The van der Waals surface area contributed by atoms with Crippen LogP contribution in [0.3, 0.4) is 0 Å². The lowest BCUT2D eigenvalue weighted by molar-refractivity contribution is -0.180. The van der Waals surface area contributed by atoms with E-state index in [9.17, 15) is 30.4 Å². The number of halogens is 5. The second-order valence-corrected chi connectivity index (χ2v) is 7.54. The van der Waals surface area contributed by atoms with Crippen molar-refractivity contribution in [2.45, 2.75) is 55.1 Å². The zero-order valence-electron chi connectivity index (χ0n) is 13.7. The number of azide groups is 1. The maximum absolute atomic E-state index is 14.5. The van der Waals surface area contributed by atoms with Crippen molar-refractivity contribution in [3.63, 3.8) is 0 Å². The maximum Gasteiger partial charge on any atom is 0.294 e. The molecule has 6 nitrogen and oxygen atoms in total. The number of hydrogen-bond acceptors (Lipinski definition) is 3. The standard InChI is InChI=1S/C14H16F5N3O3S/c1-12(15,14(18,19)8-13(2,16)17)7-11(21-22-20)9-3-5-10(6-4-9)26(23,24)25/h3-6,11H,7-8H2,1-2H3,(H,23,24,25). The molecule has 2 atom stereocenters. The zero-order valence-corrected chi connectivity index (χ0v) is 14.5. The second-order valence-electron chi connectivity index (χ2n) is 6.12. The zero-order chi connectivity index (χ0) is 20.4. The van der Waals surface area contributed by atoms with Gasteiger partial charge < -0.3 is 0 Å². The van der Waals surface area contributed by atoms with Crippen LogP contribution < -0.4 is 0 Å². The fraction of sp³-hybridized carbons (Fsp3) is 0.571. The van der Waals surface area contributed by atoms with Crippen LogP contribution in [-0.2, 0) is 10.1 Å². The van der Waals surface area contributed by atoms with Gasteiger partial charge in [-0.15, -0.1) is 0 Å². The SMILES string of the molecule is CC(F)(F)CC(F)(F)C(C)(F)CC(N=[N+]=[N-])c1ccc(S(=O)(=O)O)cc1. The van der Waals surface area contributed by atoms with Crippen LogP contribution in [0.5, 0.6) is 0 Å². The largest absolute Gasteiger partial charge is 0.294 e. The van der Waals surface area contributed by atoms with E-state index in [0.717, 1.165) is 24.3 Å². The molecule has 0 fully saturated rings. The van der Waals surface area contributed by atoms with Crippen molar-refractivity contribution in [3.8, 4) is 0 Å². The van der Waals surface area contributed by atoms with E-state index < -0.39 is 51.4 Å². The Morgan fingerprint density at radius 2 is 1.65 bits per heavy atom. The third-order valence-electron chi connectivity index (χ3n) is 3.63. The third-order valence-corrected chi connectivity index (χ3v) is 4.49. The van der Waals surface area contributed by atoms with Crippen molar-refractivity contribution in [1.82, 2.24) is 0 Å². The van der Waals surface area contributed by atoms with Gasteiger partial charge in [0.25, 0.3) is 22.0 Å². The van der Waals surface area contributed by atoms with E-state index in [1.165, 1.54) is 0 Å². The number of hydrogen-bond donors (Lipinski definition) is 1. The van der Waals surface area contributed by atoms with E-state index >= 15 is 0 Å². The highest BCUT2D eigenvalue weighted by atomic mass is 32.2. The van der Waals surface area contributed by atoms with Gasteiger partial charge in [0, 0.05) is 4.91 Å². The van der Waals surface area contributed by atoms with Crippen molar-refractivity contribution in [2.24, 2.45) is 5.11 Å². The summed E-state index contributed by atoms with van der Waals surface area (Å²) in [5.74, 6) is -8.23. The number of rotatable bonds is 8. The van der Waals surface area contributed by atoms with Gasteiger partial charge in [0.2, 0.25) is 0 Å². The van der Waals surface area contributed by atoms with Crippen LogP contribution in [-0.4, -0.2) is 30.5 Å². The lowest BCUT2D eigenvalue weighted by Crippen LogP contribution is -2.45. The van der Waals surface area contributed by atoms with Gasteiger partial charge in [0.05, 0.1) is 17.4 Å². The maximum atomic E-state index is 14.5. The van der Waals surface area contributed by atoms with Crippen LogP contribution in [0.1, 0.15) is 38.3 Å². The van der Waals surface area contributed by atoms with Crippen LogP contribution in [0.4, 0.5) is 22.0 Å². The number of nitrogens with zero attached hydrogens (tertiary/aromatic N) is 3. The molecule has 26 heavy (non-hydrogen) atoms. The van der Waals surface area contributed by atoms with E-state index in [0.29, 0.717) is 6.92 Å². The summed E-state index contributed by atoms with van der Waals surface area (Å²) in [7, 11) is -4.52. The fourth-order valence-electron chi connectivity index (χ4n) is 2.24. The average molecular weight is 401 g/mol. The fourth-order valence-corrected chi connectivity index (χ4v) is 2.72. The Kier molecular flexibility index (Phi) is 6.28. The third kappa shape index (κ3) is 5.82. The first kappa shape index (κ1) is 22.1. The molecular weight excluding hydrogens is 385 g/mol. The monoisotopic (exact) mass is 401 g/mol. The lowest BCUT2D eigenvalue weighted by Gasteiger charge is -2.33. The predicted octanol–water partition coefficient (Wildman–Crippen LogP) is 5.08. The quantitative estimate of drug-likeness (QED) is 0.216. The highest BCUT2D eigenvalue weighted by Gasteiger charge is 2.55. The van der Waals surface area contributed by atoms with Crippen LogP contribution >= 0.6 is 0 Å². The molecule has 0 heterocycles. The Morgan fingerprint density at radius 1 is 1.15 bits per heavy atom. The van der Waals surface area contributed by atoms with Crippen LogP contribution in [0.15, 0.2) is 34.3 Å². The Morgan fingerprint density at radius 3 is 2.04 bits per heavy atom. The van der Waals surface area contributed by atoms with Gasteiger partial charge in [-0.25, -0.2) is 22.0 Å². The highest BCUT2D eigenvalue weighted by molar-refractivity contribution is 7.85. The molecule has 1 aromatic rings. The van der Waals surface area contributed by atoms with E-state index in [-0.39, 0.29) is 12.5 Å². The van der Waals surface area contributed by atoms with Crippen molar-refractivity contribution in [3.05, 3.63) is 40.3 Å². The minimum atomic E-state index is -4.52. The van der Waals surface area contributed by atoms with E-state index in [4.69, 9.17) is 10.1 Å². The summed E-state index contributed by atoms with van der Waals surface area (Å²) in [6.07, 6.45) is -3.15. The summed E-state index contributed by atoms with van der Waals surface area (Å²) in [6.45, 7) is 0.654. The summed E-state index contributed by atoms with van der Waals surface area (Å²) in [5, 5.41) is 3.19. The first-order valence-corrected chi connectivity index (χ1v) is 8.59. The highest BCUT2D eigenvalue weighted by Crippen LogP contribution is 2.45. The molecule has 0 amide bonds. The van der Waals surface area contributed by atoms with Crippen molar-refractivity contribution < 1.29 is 34.9 Å². The molecule has 0 bridgehead atoms. The molecule has 146 valence electrons. The molecule has 1 N–H and O–H groups in total.